The predicted molar refractivity (Wildman–Crippen MR) is 126 cm³/mol. The summed E-state index contributed by atoms with van der Waals surface area (Å²) < 4.78 is 30.3. The van der Waals surface area contributed by atoms with Crippen LogP contribution in [0.25, 0.3) is 10.9 Å². The molecule has 2 heterocycles. The summed E-state index contributed by atoms with van der Waals surface area (Å²) in [5.41, 5.74) is 1.45. The lowest BCUT2D eigenvalue weighted by molar-refractivity contribution is -0.138. The van der Waals surface area contributed by atoms with Crippen LogP contribution in [0.5, 0.6) is 0 Å². The van der Waals surface area contributed by atoms with Crippen molar-refractivity contribution in [2.75, 3.05) is 6.54 Å². The Labute approximate surface area is 205 Å². The number of aromatic nitrogens is 1. The lowest BCUT2D eigenvalue weighted by Crippen LogP contribution is -2.42. The minimum Gasteiger partial charge on any atom is -0.337 e. The molecule has 1 amide bonds. The third-order valence-corrected chi connectivity index (χ3v) is 6.56. The van der Waals surface area contributed by atoms with Crippen LogP contribution in [0.2, 0.25) is 5.02 Å². The number of nitriles is 1. The van der Waals surface area contributed by atoms with E-state index in [9.17, 15) is 23.2 Å². The molecule has 4 rings (SSSR count). The number of hydrogen-bond acceptors (Lipinski definition) is 4. The first-order valence-corrected chi connectivity index (χ1v) is 11.5. The van der Waals surface area contributed by atoms with Crippen LogP contribution in [-0.4, -0.2) is 45.7 Å². The Morgan fingerprint density at radius 1 is 1.23 bits per heavy atom. The minimum atomic E-state index is -1.35. The molecule has 1 aromatic heterocycles. The largest absolute Gasteiger partial charge is 0.337 e. The van der Waals surface area contributed by atoms with Gasteiger partial charge in [0.15, 0.2) is 11.6 Å². The predicted octanol–water partition coefficient (Wildman–Crippen LogP) is 4.65. The lowest BCUT2D eigenvalue weighted by atomic mass is 10.00. The smallest absolute Gasteiger partial charge is 0.243 e. The summed E-state index contributed by atoms with van der Waals surface area (Å²) in [7, 11) is 0. The Bertz CT molecular complexity index is 1380. The standard InChI is InChI=1S/C26H22ClF2N3O3/c1-15(33)20-13-31(22-5-3-2-4-19(20)22)14-25(35)32-12-18(28)10-23(32)24(34)7-6-17-8-16(11-30)9-21(27)26(17)29/h2-5,8-9,13,18,23H,6-7,10,12,14H2,1H3/t18-,23+/m1/s1. The van der Waals surface area contributed by atoms with Gasteiger partial charge in [-0.05, 0) is 37.1 Å². The molecular formula is C26H22ClF2N3O3. The molecule has 1 aliphatic heterocycles. The average Bonchev–Trinajstić information content (AvgIpc) is 3.41. The second-order valence-corrected chi connectivity index (χ2v) is 9.06. The van der Waals surface area contributed by atoms with Crippen molar-refractivity contribution in [2.24, 2.45) is 0 Å². The molecule has 1 fully saturated rings. The molecule has 0 saturated carbocycles. The highest BCUT2D eigenvalue weighted by atomic mass is 35.5. The first kappa shape index (κ1) is 24.6. The van der Waals surface area contributed by atoms with Crippen LogP contribution in [-0.2, 0) is 22.6 Å². The van der Waals surface area contributed by atoms with Crippen LogP contribution in [0, 0.1) is 17.1 Å². The third kappa shape index (κ3) is 4.96. The van der Waals surface area contributed by atoms with E-state index in [4.69, 9.17) is 16.9 Å². The normalized spacial score (nSPS) is 17.5. The summed E-state index contributed by atoms with van der Waals surface area (Å²) in [6, 6.07) is 10.6. The third-order valence-electron chi connectivity index (χ3n) is 6.29. The topological polar surface area (TPSA) is 83.2 Å². The van der Waals surface area contributed by atoms with Crippen LogP contribution in [0.4, 0.5) is 8.78 Å². The molecule has 180 valence electrons. The molecule has 0 aliphatic carbocycles. The van der Waals surface area contributed by atoms with E-state index in [2.05, 4.69) is 0 Å². The number of likely N-dealkylation sites (tertiary alicyclic amines) is 1. The van der Waals surface area contributed by atoms with Crippen LogP contribution in [0.15, 0.2) is 42.6 Å². The number of fused-ring (bicyclic) bond motifs is 1. The minimum absolute atomic E-state index is 0.0282. The van der Waals surface area contributed by atoms with Crippen molar-refractivity contribution in [3.05, 3.63) is 70.1 Å². The molecule has 0 unspecified atom stereocenters. The van der Waals surface area contributed by atoms with Gasteiger partial charge in [-0.1, -0.05) is 29.8 Å². The number of benzene rings is 2. The maximum Gasteiger partial charge on any atom is 0.243 e. The summed E-state index contributed by atoms with van der Waals surface area (Å²) >= 11 is 5.83. The van der Waals surface area contributed by atoms with Crippen molar-refractivity contribution in [3.8, 4) is 6.07 Å². The quantitative estimate of drug-likeness (QED) is 0.445. The van der Waals surface area contributed by atoms with Crippen molar-refractivity contribution >= 4 is 40.0 Å². The molecule has 2 atom stereocenters. The number of alkyl halides is 1. The van der Waals surface area contributed by atoms with Crippen molar-refractivity contribution in [1.29, 1.82) is 5.26 Å². The molecule has 9 heteroatoms. The summed E-state index contributed by atoms with van der Waals surface area (Å²) in [5, 5.41) is 9.57. The summed E-state index contributed by atoms with van der Waals surface area (Å²) in [5.74, 6) is -1.68. The fourth-order valence-corrected chi connectivity index (χ4v) is 4.82. The number of hydrogen-bond donors (Lipinski definition) is 0. The summed E-state index contributed by atoms with van der Waals surface area (Å²) in [6.45, 7) is 1.08. The Kier molecular flexibility index (Phi) is 6.99. The molecule has 0 radical (unpaired) electrons. The van der Waals surface area contributed by atoms with Gasteiger partial charge in [0.1, 0.15) is 18.5 Å². The highest BCUT2D eigenvalue weighted by Crippen LogP contribution is 2.27. The van der Waals surface area contributed by atoms with Gasteiger partial charge in [-0.25, -0.2) is 8.78 Å². The molecule has 1 aliphatic rings. The highest BCUT2D eigenvalue weighted by Gasteiger charge is 2.39. The molecule has 3 aromatic rings. The number of Topliss-reactive ketones (excluding diaryl/α,β-unsaturated/α-hetero) is 2. The highest BCUT2D eigenvalue weighted by molar-refractivity contribution is 6.30. The second-order valence-electron chi connectivity index (χ2n) is 8.65. The van der Waals surface area contributed by atoms with Gasteiger partial charge < -0.3 is 9.47 Å². The summed E-state index contributed by atoms with van der Waals surface area (Å²) in [6.07, 6.45) is -0.0457. The van der Waals surface area contributed by atoms with Gasteiger partial charge >= 0.3 is 0 Å². The number of carbonyl (C=O) groups is 3. The van der Waals surface area contributed by atoms with Crippen LogP contribution >= 0.6 is 11.6 Å². The monoisotopic (exact) mass is 497 g/mol. The number of nitrogens with zero attached hydrogens (tertiary/aromatic N) is 3. The molecule has 35 heavy (non-hydrogen) atoms. The average molecular weight is 498 g/mol. The molecule has 2 aromatic carbocycles. The van der Waals surface area contributed by atoms with Crippen molar-refractivity contribution < 1.29 is 23.2 Å². The van der Waals surface area contributed by atoms with Gasteiger partial charge in [-0.2, -0.15) is 5.26 Å². The van der Waals surface area contributed by atoms with E-state index >= 15 is 0 Å². The van der Waals surface area contributed by atoms with Crippen molar-refractivity contribution in [1.82, 2.24) is 9.47 Å². The van der Waals surface area contributed by atoms with Crippen LogP contribution < -0.4 is 0 Å². The zero-order chi connectivity index (χ0) is 25.3. The number of ketones is 2. The Morgan fingerprint density at radius 3 is 2.69 bits per heavy atom. The summed E-state index contributed by atoms with van der Waals surface area (Å²) in [4.78, 5) is 39.3. The van der Waals surface area contributed by atoms with E-state index in [0.717, 1.165) is 0 Å². The van der Waals surface area contributed by atoms with Gasteiger partial charge in [0.05, 0.1) is 29.2 Å². The number of carbonyl (C=O) groups excluding carboxylic acids is 3. The van der Waals surface area contributed by atoms with Gasteiger partial charge in [0.2, 0.25) is 5.91 Å². The maximum absolute atomic E-state index is 14.3. The second kappa shape index (κ2) is 9.96. The first-order valence-electron chi connectivity index (χ1n) is 11.1. The van der Waals surface area contributed by atoms with Crippen molar-refractivity contribution in [2.45, 2.75) is 44.9 Å². The Morgan fingerprint density at radius 2 is 1.97 bits per heavy atom. The zero-order valence-corrected chi connectivity index (χ0v) is 19.7. The molecule has 0 spiro atoms. The molecule has 0 N–H and O–H groups in total. The van der Waals surface area contributed by atoms with Crippen LogP contribution in [0.3, 0.4) is 0 Å². The van der Waals surface area contributed by atoms with E-state index in [1.165, 1.54) is 24.0 Å². The first-order chi connectivity index (χ1) is 16.7. The maximum atomic E-state index is 14.3. The molecule has 1 saturated heterocycles. The Hall–Kier alpha value is -3.57. The SMILES string of the molecule is CC(=O)c1cn(CC(=O)N2C[C@H](F)C[C@H]2C(=O)CCc2cc(C#N)cc(Cl)c2F)c2ccccc12. The fourth-order valence-electron chi connectivity index (χ4n) is 4.58. The van der Waals surface area contributed by atoms with Gasteiger partial charge in [-0.15, -0.1) is 0 Å². The molecule has 6 nitrogen and oxygen atoms in total. The van der Waals surface area contributed by atoms with E-state index < -0.39 is 29.7 Å². The van der Waals surface area contributed by atoms with E-state index in [1.54, 1.807) is 35.0 Å². The van der Waals surface area contributed by atoms with E-state index in [1.807, 2.05) is 6.07 Å². The number of amides is 1. The van der Waals surface area contributed by atoms with Gasteiger partial charge in [0.25, 0.3) is 0 Å². The molecular weight excluding hydrogens is 476 g/mol. The number of halogens is 3. The zero-order valence-electron chi connectivity index (χ0n) is 18.9. The fraction of sp³-hybridized carbons (Fsp3) is 0.308. The number of rotatable bonds is 7. The van der Waals surface area contributed by atoms with Crippen molar-refractivity contribution in [3.63, 3.8) is 0 Å². The van der Waals surface area contributed by atoms with E-state index in [-0.39, 0.29) is 54.3 Å². The van der Waals surface area contributed by atoms with Gasteiger partial charge in [0, 0.05) is 35.5 Å². The Balaban J connectivity index is 1.51. The van der Waals surface area contributed by atoms with Crippen LogP contribution in [0.1, 0.15) is 41.3 Å². The van der Waals surface area contributed by atoms with Gasteiger partial charge in [-0.3, -0.25) is 14.4 Å². The number of para-hydroxylation sites is 1. The number of aryl methyl sites for hydroxylation is 1. The van der Waals surface area contributed by atoms with E-state index in [0.29, 0.717) is 16.5 Å². The molecule has 0 bridgehead atoms. The lowest BCUT2D eigenvalue weighted by Gasteiger charge is -2.24.